The molecule has 0 saturated heterocycles. The highest BCUT2D eigenvalue weighted by Crippen LogP contribution is 2.18. The molecule has 1 aromatic carbocycles. The summed E-state index contributed by atoms with van der Waals surface area (Å²) >= 11 is 0. The molecule has 126 valence electrons. The number of unbranched alkanes of at least 4 members (excludes halogenated alkanes) is 3. The molecular formula is C20H25N3O. The van der Waals surface area contributed by atoms with E-state index >= 15 is 0 Å². The fourth-order valence-corrected chi connectivity index (χ4v) is 2.70. The Bertz CT molecular complexity index is 707. The van der Waals surface area contributed by atoms with Crippen molar-refractivity contribution >= 4 is 5.91 Å². The third-order valence-corrected chi connectivity index (χ3v) is 4.16. The van der Waals surface area contributed by atoms with Crippen LogP contribution in [0.1, 0.15) is 61.1 Å². The third kappa shape index (κ3) is 4.26. The van der Waals surface area contributed by atoms with Gasteiger partial charge in [-0.15, -0.1) is 0 Å². The zero-order valence-electron chi connectivity index (χ0n) is 14.5. The van der Waals surface area contributed by atoms with Crippen molar-refractivity contribution in [2.24, 2.45) is 0 Å². The van der Waals surface area contributed by atoms with Gasteiger partial charge in [-0.1, -0.05) is 45.2 Å². The number of amides is 1. The SMILES string of the molecule is CCCCCCNC(=O)c1c(C#N)ccn1-c1ccc(CC)cc1. The maximum absolute atomic E-state index is 12.6. The minimum absolute atomic E-state index is 0.187. The van der Waals surface area contributed by atoms with Gasteiger partial charge in [0.25, 0.3) is 5.91 Å². The maximum Gasteiger partial charge on any atom is 0.269 e. The zero-order valence-corrected chi connectivity index (χ0v) is 14.5. The first-order valence-electron chi connectivity index (χ1n) is 8.70. The average Bonchev–Trinajstić information content (AvgIpc) is 3.05. The van der Waals surface area contributed by atoms with E-state index in [1.807, 2.05) is 24.3 Å². The van der Waals surface area contributed by atoms with Crippen LogP contribution in [0.15, 0.2) is 36.5 Å². The van der Waals surface area contributed by atoms with Gasteiger partial charge in [0.15, 0.2) is 0 Å². The Morgan fingerprint density at radius 2 is 1.88 bits per heavy atom. The zero-order chi connectivity index (χ0) is 17.4. The number of carbonyl (C=O) groups is 1. The second-order valence-electron chi connectivity index (χ2n) is 5.90. The molecule has 1 amide bonds. The molecule has 0 bridgehead atoms. The van der Waals surface area contributed by atoms with E-state index in [1.165, 1.54) is 18.4 Å². The Balaban J connectivity index is 2.17. The van der Waals surface area contributed by atoms with Crippen LogP contribution in [0.4, 0.5) is 0 Å². The van der Waals surface area contributed by atoms with Crippen LogP contribution in [-0.4, -0.2) is 17.0 Å². The Labute approximate surface area is 144 Å². The molecule has 2 rings (SSSR count). The van der Waals surface area contributed by atoms with E-state index in [1.54, 1.807) is 16.8 Å². The topological polar surface area (TPSA) is 57.8 Å². The van der Waals surface area contributed by atoms with Crippen LogP contribution in [0.5, 0.6) is 0 Å². The summed E-state index contributed by atoms with van der Waals surface area (Å²) < 4.78 is 1.79. The van der Waals surface area contributed by atoms with Gasteiger partial charge in [-0.25, -0.2) is 0 Å². The smallest absolute Gasteiger partial charge is 0.269 e. The van der Waals surface area contributed by atoms with Gasteiger partial charge < -0.3 is 9.88 Å². The molecule has 1 aromatic heterocycles. The van der Waals surface area contributed by atoms with Crippen molar-refractivity contribution < 1.29 is 4.79 Å². The van der Waals surface area contributed by atoms with Crippen LogP contribution in [0.25, 0.3) is 5.69 Å². The van der Waals surface area contributed by atoms with E-state index < -0.39 is 0 Å². The molecule has 0 aliphatic carbocycles. The second-order valence-corrected chi connectivity index (χ2v) is 5.90. The predicted octanol–water partition coefficient (Wildman–Crippen LogP) is 4.22. The van der Waals surface area contributed by atoms with Crippen LogP contribution in [0.2, 0.25) is 0 Å². The number of nitrogens with zero attached hydrogens (tertiary/aromatic N) is 2. The molecule has 0 aliphatic rings. The standard InChI is InChI=1S/C20H25N3O/c1-3-5-6-7-13-22-20(24)19-17(15-21)12-14-23(19)18-10-8-16(4-2)9-11-18/h8-12,14H,3-7,13H2,1-2H3,(H,22,24). The summed E-state index contributed by atoms with van der Waals surface area (Å²) in [7, 11) is 0. The van der Waals surface area contributed by atoms with Gasteiger partial charge in [-0.3, -0.25) is 4.79 Å². The molecular weight excluding hydrogens is 298 g/mol. The summed E-state index contributed by atoms with van der Waals surface area (Å²) in [4.78, 5) is 12.6. The van der Waals surface area contributed by atoms with Crippen LogP contribution in [0.3, 0.4) is 0 Å². The average molecular weight is 323 g/mol. The van der Waals surface area contributed by atoms with Gasteiger partial charge in [0.2, 0.25) is 0 Å². The normalized spacial score (nSPS) is 10.4. The minimum Gasteiger partial charge on any atom is -0.351 e. The van der Waals surface area contributed by atoms with Gasteiger partial charge in [0, 0.05) is 18.4 Å². The van der Waals surface area contributed by atoms with E-state index in [0.717, 1.165) is 24.9 Å². The van der Waals surface area contributed by atoms with Crippen LogP contribution < -0.4 is 5.32 Å². The first-order chi connectivity index (χ1) is 11.7. The van der Waals surface area contributed by atoms with Crippen molar-refractivity contribution in [3.8, 4) is 11.8 Å². The predicted molar refractivity (Wildman–Crippen MR) is 96.3 cm³/mol. The molecule has 0 fully saturated rings. The number of aromatic nitrogens is 1. The summed E-state index contributed by atoms with van der Waals surface area (Å²) in [5.41, 5.74) is 2.95. The fourth-order valence-electron chi connectivity index (χ4n) is 2.70. The van der Waals surface area contributed by atoms with Crippen molar-refractivity contribution in [1.82, 2.24) is 9.88 Å². The van der Waals surface area contributed by atoms with Crippen LogP contribution >= 0.6 is 0 Å². The van der Waals surface area contributed by atoms with Gasteiger partial charge >= 0.3 is 0 Å². The molecule has 0 atom stereocenters. The number of nitrogens with one attached hydrogen (secondary N) is 1. The van der Waals surface area contributed by atoms with E-state index in [2.05, 4.69) is 25.2 Å². The van der Waals surface area contributed by atoms with E-state index in [-0.39, 0.29) is 5.91 Å². The fraction of sp³-hybridized carbons (Fsp3) is 0.400. The summed E-state index contributed by atoms with van der Waals surface area (Å²) in [6, 6.07) is 11.9. The number of hydrogen-bond donors (Lipinski definition) is 1. The number of hydrogen-bond acceptors (Lipinski definition) is 2. The first-order valence-corrected chi connectivity index (χ1v) is 8.70. The van der Waals surface area contributed by atoms with E-state index in [9.17, 15) is 10.1 Å². The number of benzene rings is 1. The molecule has 4 heteroatoms. The van der Waals surface area contributed by atoms with Crippen molar-refractivity contribution in [2.45, 2.75) is 46.0 Å². The maximum atomic E-state index is 12.6. The molecule has 0 spiro atoms. The first kappa shape index (κ1) is 17.8. The quantitative estimate of drug-likeness (QED) is 0.739. The second kappa shape index (κ2) is 8.93. The summed E-state index contributed by atoms with van der Waals surface area (Å²) in [5.74, 6) is -0.187. The summed E-state index contributed by atoms with van der Waals surface area (Å²) in [5, 5.41) is 12.2. The molecule has 0 unspecified atom stereocenters. The molecule has 1 heterocycles. The lowest BCUT2D eigenvalue weighted by Gasteiger charge is -2.11. The molecule has 0 radical (unpaired) electrons. The lowest BCUT2D eigenvalue weighted by Crippen LogP contribution is -2.27. The largest absolute Gasteiger partial charge is 0.351 e. The Morgan fingerprint density at radius 1 is 1.12 bits per heavy atom. The molecule has 0 aliphatic heterocycles. The number of nitriles is 1. The summed E-state index contributed by atoms with van der Waals surface area (Å²) in [6.45, 7) is 4.91. The number of carbonyl (C=O) groups excluding carboxylic acids is 1. The van der Waals surface area contributed by atoms with Gasteiger partial charge in [-0.05, 0) is 36.6 Å². The molecule has 24 heavy (non-hydrogen) atoms. The highest BCUT2D eigenvalue weighted by molar-refractivity contribution is 5.95. The summed E-state index contributed by atoms with van der Waals surface area (Å²) in [6.07, 6.45) is 7.18. The highest BCUT2D eigenvalue weighted by Gasteiger charge is 2.17. The van der Waals surface area contributed by atoms with Gasteiger partial charge in [0.05, 0.1) is 5.56 Å². The van der Waals surface area contributed by atoms with Crippen molar-refractivity contribution in [1.29, 1.82) is 5.26 Å². The van der Waals surface area contributed by atoms with Crippen molar-refractivity contribution in [2.75, 3.05) is 6.54 Å². The van der Waals surface area contributed by atoms with E-state index in [0.29, 0.717) is 17.8 Å². The minimum atomic E-state index is -0.187. The Kier molecular flexibility index (Phi) is 6.62. The third-order valence-electron chi connectivity index (χ3n) is 4.16. The van der Waals surface area contributed by atoms with Crippen molar-refractivity contribution in [3.05, 3.63) is 53.3 Å². The van der Waals surface area contributed by atoms with E-state index in [4.69, 9.17) is 0 Å². The van der Waals surface area contributed by atoms with Gasteiger partial charge in [0.1, 0.15) is 11.8 Å². The number of rotatable bonds is 8. The van der Waals surface area contributed by atoms with Crippen molar-refractivity contribution in [3.63, 3.8) is 0 Å². The molecule has 0 saturated carbocycles. The van der Waals surface area contributed by atoms with Gasteiger partial charge in [-0.2, -0.15) is 5.26 Å². The highest BCUT2D eigenvalue weighted by atomic mass is 16.1. The Hall–Kier alpha value is -2.54. The number of aryl methyl sites for hydroxylation is 1. The molecule has 4 nitrogen and oxygen atoms in total. The Morgan fingerprint density at radius 3 is 2.50 bits per heavy atom. The van der Waals surface area contributed by atoms with Crippen LogP contribution in [-0.2, 0) is 6.42 Å². The molecule has 2 aromatic rings. The lowest BCUT2D eigenvalue weighted by molar-refractivity contribution is 0.0946. The molecule has 1 N–H and O–H groups in total. The van der Waals surface area contributed by atoms with Crippen LogP contribution in [0, 0.1) is 11.3 Å². The lowest BCUT2D eigenvalue weighted by atomic mass is 10.1. The monoisotopic (exact) mass is 323 g/mol.